The molecule has 0 radical (unpaired) electrons. The van der Waals surface area contributed by atoms with Crippen molar-refractivity contribution in [2.75, 3.05) is 18.4 Å². The van der Waals surface area contributed by atoms with Crippen molar-refractivity contribution in [3.63, 3.8) is 0 Å². The van der Waals surface area contributed by atoms with E-state index in [1.807, 2.05) is 6.92 Å². The van der Waals surface area contributed by atoms with Crippen molar-refractivity contribution < 1.29 is 14.1 Å². The van der Waals surface area contributed by atoms with Gasteiger partial charge in [0, 0.05) is 12.8 Å². The predicted octanol–water partition coefficient (Wildman–Crippen LogP) is 2.55. The molecule has 1 unspecified atom stereocenters. The van der Waals surface area contributed by atoms with Gasteiger partial charge >= 0.3 is 0 Å². The number of likely N-dealkylation sites (tertiary alicyclic amines) is 1. The number of benzene rings is 1. The lowest BCUT2D eigenvalue weighted by Gasteiger charge is -2.20. The maximum absolute atomic E-state index is 13.8. The summed E-state index contributed by atoms with van der Waals surface area (Å²) >= 11 is 1.75. The van der Waals surface area contributed by atoms with Gasteiger partial charge in [-0.15, -0.1) is 11.3 Å². The summed E-state index contributed by atoms with van der Waals surface area (Å²) in [6.45, 7) is 3.21. The Morgan fingerprint density at radius 3 is 3.05 bits per heavy atom. The van der Waals surface area contributed by atoms with Crippen molar-refractivity contribution in [1.29, 1.82) is 0 Å². The first-order valence-corrected chi connectivity index (χ1v) is 8.45. The topological polar surface area (TPSA) is 33.5 Å². The highest BCUT2D eigenvalue weighted by Crippen LogP contribution is 2.23. The van der Waals surface area contributed by atoms with Gasteiger partial charge in [-0.3, -0.25) is 4.79 Å². The molecular weight excluding hydrogens is 299 g/mol. The monoisotopic (exact) mass is 319 g/mol. The van der Waals surface area contributed by atoms with Crippen LogP contribution in [-0.2, 0) is 4.79 Å². The van der Waals surface area contributed by atoms with Gasteiger partial charge in [-0.05, 0) is 36.1 Å². The Morgan fingerprint density at radius 1 is 1.45 bits per heavy atom. The molecule has 0 saturated carbocycles. The van der Waals surface area contributed by atoms with Crippen molar-refractivity contribution in [1.82, 2.24) is 0 Å². The molecule has 3 nitrogen and oxygen atoms in total. The number of halogens is 1. The van der Waals surface area contributed by atoms with Crippen LogP contribution in [0.2, 0.25) is 0 Å². The van der Waals surface area contributed by atoms with Crippen LogP contribution in [0.15, 0.2) is 35.7 Å². The fourth-order valence-corrected chi connectivity index (χ4v) is 4.00. The van der Waals surface area contributed by atoms with E-state index in [-0.39, 0.29) is 17.4 Å². The third kappa shape index (κ3) is 3.36. The van der Waals surface area contributed by atoms with Gasteiger partial charge in [0.25, 0.3) is 5.91 Å². The first kappa shape index (κ1) is 15.2. The fourth-order valence-electron chi connectivity index (χ4n) is 3.08. The molecule has 0 spiro atoms. The minimum absolute atomic E-state index is 0.124. The van der Waals surface area contributed by atoms with Gasteiger partial charge in [0.15, 0.2) is 6.54 Å². The van der Waals surface area contributed by atoms with Crippen molar-refractivity contribution in [3.8, 4) is 0 Å². The Labute approximate surface area is 133 Å². The van der Waals surface area contributed by atoms with Gasteiger partial charge < -0.3 is 10.2 Å². The number of quaternary nitrogens is 1. The molecule has 1 aromatic heterocycles. The second-order valence-electron chi connectivity index (χ2n) is 5.83. The van der Waals surface area contributed by atoms with E-state index in [0.717, 1.165) is 24.9 Å². The summed E-state index contributed by atoms with van der Waals surface area (Å²) in [5, 5.41) is 4.78. The van der Waals surface area contributed by atoms with E-state index in [9.17, 15) is 9.18 Å². The van der Waals surface area contributed by atoms with Crippen LogP contribution in [0.4, 0.5) is 10.1 Å². The highest BCUT2D eigenvalue weighted by Gasteiger charge is 2.32. The van der Waals surface area contributed by atoms with Gasteiger partial charge in [-0.1, -0.05) is 12.1 Å². The zero-order chi connectivity index (χ0) is 15.5. The van der Waals surface area contributed by atoms with E-state index < -0.39 is 0 Å². The molecule has 1 aromatic carbocycles. The summed E-state index contributed by atoms with van der Waals surface area (Å²) in [6.07, 6.45) is 2.24. The third-order valence-electron chi connectivity index (χ3n) is 4.16. The number of thiophene rings is 1. The summed E-state index contributed by atoms with van der Waals surface area (Å²) in [5.74, 6) is -0.499. The molecule has 2 N–H and O–H groups in total. The summed E-state index contributed by atoms with van der Waals surface area (Å²) in [4.78, 5) is 14.8. The Balaban J connectivity index is 1.64. The Bertz CT molecular complexity index is 657. The van der Waals surface area contributed by atoms with E-state index in [1.165, 1.54) is 15.8 Å². The molecule has 1 aliphatic heterocycles. The number of aryl methyl sites for hydroxylation is 1. The first-order chi connectivity index (χ1) is 10.6. The Hall–Kier alpha value is -1.72. The molecule has 2 heterocycles. The average Bonchev–Trinajstić information content (AvgIpc) is 3.12. The molecule has 1 amide bonds. The third-order valence-corrected chi connectivity index (χ3v) is 5.14. The van der Waals surface area contributed by atoms with Crippen LogP contribution in [0.1, 0.15) is 29.3 Å². The quantitative estimate of drug-likeness (QED) is 0.892. The van der Waals surface area contributed by atoms with Crippen LogP contribution in [0.3, 0.4) is 0 Å². The molecule has 1 aliphatic rings. The van der Waals surface area contributed by atoms with Crippen LogP contribution in [0.25, 0.3) is 0 Å². The van der Waals surface area contributed by atoms with Crippen LogP contribution in [-0.4, -0.2) is 19.0 Å². The number of carbonyl (C=O) groups is 1. The molecular formula is C17H20FN2OS+. The van der Waals surface area contributed by atoms with Crippen molar-refractivity contribution in [3.05, 3.63) is 52.0 Å². The zero-order valence-corrected chi connectivity index (χ0v) is 13.4. The second kappa shape index (κ2) is 6.58. The maximum Gasteiger partial charge on any atom is 0.279 e. The molecule has 3 rings (SSSR count). The lowest BCUT2D eigenvalue weighted by atomic mass is 10.2. The number of amides is 1. The predicted molar refractivity (Wildman–Crippen MR) is 86.8 cm³/mol. The molecule has 1 fully saturated rings. The molecule has 0 aliphatic carbocycles. The summed E-state index contributed by atoms with van der Waals surface area (Å²) in [6, 6.07) is 9.45. The van der Waals surface area contributed by atoms with Gasteiger partial charge in [0.2, 0.25) is 0 Å². The van der Waals surface area contributed by atoms with E-state index in [2.05, 4.69) is 22.8 Å². The molecule has 0 bridgehead atoms. The van der Waals surface area contributed by atoms with Gasteiger partial charge in [0.1, 0.15) is 11.9 Å². The van der Waals surface area contributed by atoms with Crippen LogP contribution < -0.4 is 10.2 Å². The van der Waals surface area contributed by atoms with Crippen molar-refractivity contribution >= 4 is 22.9 Å². The first-order valence-electron chi connectivity index (χ1n) is 7.57. The molecule has 5 heteroatoms. The smallest absolute Gasteiger partial charge is 0.279 e. The standard InChI is InChI=1S/C17H19FN2OS/c1-12-6-7-14(13(18)10-12)19-17(21)11-20-8-2-4-15(20)16-5-3-9-22-16/h3,5-7,9-10,15H,2,4,8,11H2,1H3,(H,19,21)/p+1/t15-/m0/s1. The molecule has 2 aromatic rings. The highest BCUT2D eigenvalue weighted by atomic mass is 32.1. The van der Waals surface area contributed by atoms with E-state index in [1.54, 1.807) is 23.5 Å². The van der Waals surface area contributed by atoms with E-state index in [0.29, 0.717) is 12.6 Å². The normalized spacial score (nSPS) is 21.0. The number of carbonyl (C=O) groups excluding carboxylic acids is 1. The van der Waals surface area contributed by atoms with Crippen LogP contribution in [0.5, 0.6) is 0 Å². The molecule has 22 heavy (non-hydrogen) atoms. The molecule has 2 atom stereocenters. The van der Waals surface area contributed by atoms with E-state index in [4.69, 9.17) is 0 Å². The second-order valence-corrected chi connectivity index (χ2v) is 6.81. The number of hydrogen-bond donors (Lipinski definition) is 2. The number of anilines is 1. The van der Waals surface area contributed by atoms with Crippen molar-refractivity contribution in [2.45, 2.75) is 25.8 Å². The molecule has 1 saturated heterocycles. The Morgan fingerprint density at radius 2 is 2.32 bits per heavy atom. The fraction of sp³-hybridized carbons (Fsp3) is 0.353. The van der Waals surface area contributed by atoms with E-state index >= 15 is 0 Å². The maximum atomic E-state index is 13.8. The lowest BCUT2D eigenvalue weighted by Crippen LogP contribution is -3.11. The van der Waals surface area contributed by atoms with Gasteiger partial charge in [-0.2, -0.15) is 0 Å². The van der Waals surface area contributed by atoms with Gasteiger partial charge in [0.05, 0.1) is 17.1 Å². The number of hydrogen-bond acceptors (Lipinski definition) is 2. The SMILES string of the molecule is Cc1ccc(NC(=O)C[NH+]2CCC[C@H]2c2cccs2)c(F)c1. The Kier molecular flexibility index (Phi) is 4.55. The highest BCUT2D eigenvalue weighted by molar-refractivity contribution is 7.10. The number of nitrogens with one attached hydrogen (secondary N) is 2. The molecule has 116 valence electrons. The minimum Gasteiger partial charge on any atom is -0.320 e. The largest absolute Gasteiger partial charge is 0.320 e. The van der Waals surface area contributed by atoms with Gasteiger partial charge in [-0.25, -0.2) is 4.39 Å². The average molecular weight is 319 g/mol. The summed E-state index contributed by atoms with van der Waals surface area (Å²) in [7, 11) is 0. The minimum atomic E-state index is -0.375. The van der Waals surface area contributed by atoms with Crippen LogP contribution in [0, 0.1) is 12.7 Å². The lowest BCUT2D eigenvalue weighted by molar-refractivity contribution is -0.910. The summed E-state index contributed by atoms with van der Waals surface area (Å²) in [5.41, 5.74) is 1.11. The van der Waals surface area contributed by atoms with Crippen LogP contribution >= 0.6 is 11.3 Å². The zero-order valence-electron chi connectivity index (χ0n) is 12.6. The van der Waals surface area contributed by atoms with Crippen molar-refractivity contribution in [2.24, 2.45) is 0 Å². The summed E-state index contributed by atoms with van der Waals surface area (Å²) < 4.78 is 13.8. The number of rotatable bonds is 4.